The van der Waals surface area contributed by atoms with E-state index in [1.165, 1.54) is 31.1 Å². The van der Waals surface area contributed by atoms with Crippen LogP contribution in [-0.2, 0) is 0 Å². The molecule has 1 heterocycles. The van der Waals surface area contributed by atoms with Gasteiger partial charge in [-0.25, -0.2) is 0 Å². The molecule has 1 aliphatic carbocycles. The molecule has 1 aromatic heterocycles. The summed E-state index contributed by atoms with van der Waals surface area (Å²) in [6.07, 6.45) is 9.86. The average molecular weight is 283 g/mol. The summed E-state index contributed by atoms with van der Waals surface area (Å²) in [6, 6.07) is 10.8. The zero-order valence-corrected chi connectivity index (χ0v) is 12.9. The molecule has 0 spiro atoms. The molecule has 0 bridgehead atoms. The third-order valence-electron chi connectivity index (χ3n) is 4.28. The molecule has 2 aromatic rings. The van der Waals surface area contributed by atoms with Crippen LogP contribution in [0.15, 0.2) is 46.4 Å². The Balaban J connectivity index is 1.81. The predicted molar refractivity (Wildman–Crippen MR) is 88.4 cm³/mol. The molecule has 21 heavy (non-hydrogen) atoms. The number of hydrogen-bond donors (Lipinski definition) is 1. The van der Waals surface area contributed by atoms with E-state index in [-0.39, 0.29) is 0 Å². The van der Waals surface area contributed by atoms with Gasteiger partial charge in [-0.3, -0.25) is 0 Å². The van der Waals surface area contributed by atoms with Crippen LogP contribution < -0.4 is 5.32 Å². The molecule has 1 N–H and O–H groups in total. The van der Waals surface area contributed by atoms with Crippen LogP contribution in [-0.4, -0.2) is 6.54 Å². The molecule has 112 valence electrons. The molecule has 0 fully saturated rings. The molecule has 0 saturated heterocycles. The Morgan fingerprint density at radius 3 is 2.90 bits per heavy atom. The van der Waals surface area contributed by atoms with E-state index in [0.29, 0.717) is 6.04 Å². The highest BCUT2D eigenvalue weighted by atomic mass is 16.3. The summed E-state index contributed by atoms with van der Waals surface area (Å²) >= 11 is 0. The maximum atomic E-state index is 6.08. The summed E-state index contributed by atoms with van der Waals surface area (Å²) in [4.78, 5) is 0. The lowest BCUT2D eigenvalue weighted by atomic mass is 9.93. The highest BCUT2D eigenvalue weighted by molar-refractivity contribution is 5.77. The van der Waals surface area contributed by atoms with Crippen LogP contribution in [0.5, 0.6) is 0 Å². The fourth-order valence-electron chi connectivity index (χ4n) is 3.12. The standard InChI is InChI=1S/C19H25NO/c1-2-12-20-17(13-15-8-4-3-5-9-15)19-14-16-10-6-7-11-18(16)21-19/h6-8,10-11,14,17,20H,2-5,9,12-13H2,1H3. The number of hydrogen-bond acceptors (Lipinski definition) is 2. The van der Waals surface area contributed by atoms with Crippen molar-refractivity contribution in [2.24, 2.45) is 0 Å². The average Bonchev–Trinajstić information content (AvgIpc) is 2.96. The third-order valence-corrected chi connectivity index (χ3v) is 4.28. The van der Waals surface area contributed by atoms with Gasteiger partial charge in [-0.15, -0.1) is 0 Å². The number of nitrogens with one attached hydrogen (secondary N) is 1. The summed E-state index contributed by atoms with van der Waals surface area (Å²) in [5.41, 5.74) is 2.59. The normalized spacial score (nSPS) is 16.9. The Kier molecular flexibility index (Phi) is 4.76. The molecule has 1 aromatic carbocycles. The van der Waals surface area contributed by atoms with E-state index in [4.69, 9.17) is 4.42 Å². The van der Waals surface area contributed by atoms with E-state index < -0.39 is 0 Å². The summed E-state index contributed by atoms with van der Waals surface area (Å²) in [6.45, 7) is 3.25. The Bertz CT molecular complexity index is 578. The maximum Gasteiger partial charge on any atom is 0.134 e. The van der Waals surface area contributed by atoms with Crippen LogP contribution in [0, 0.1) is 0 Å². The monoisotopic (exact) mass is 283 g/mol. The Labute approximate surface area is 127 Å². The first kappa shape index (κ1) is 14.4. The van der Waals surface area contributed by atoms with Gasteiger partial charge in [0, 0.05) is 5.39 Å². The second kappa shape index (κ2) is 6.95. The number of rotatable bonds is 6. The predicted octanol–water partition coefficient (Wildman–Crippen LogP) is 5.36. The van der Waals surface area contributed by atoms with E-state index in [2.05, 4.69) is 42.6 Å². The second-order valence-electron chi connectivity index (χ2n) is 6.01. The topological polar surface area (TPSA) is 25.2 Å². The fraction of sp³-hybridized carbons (Fsp3) is 0.474. The lowest BCUT2D eigenvalue weighted by molar-refractivity contribution is 0.421. The van der Waals surface area contributed by atoms with Crippen molar-refractivity contribution in [3.05, 3.63) is 47.7 Å². The molecule has 1 unspecified atom stereocenters. The Morgan fingerprint density at radius 2 is 2.14 bits per heavy atom. The quantitative estimate of drug-likeness (QED) is 0.721. The first-order chi connectivity index (χ1) is 10.4. The fourth-order valence-corrected chi connectivity index (χ4v) is 3.12. The van der Waals surface area contributed by atoms with Crippen LogP contribution >= 0.6 is 0 Å². The molecular formula is C19H25NO. The molecular weight excluding hydrogens is 258 g/mol. The van der Waals surface area contributed by atoms with E-state index in [1.54, 1.807) is 5.57 Å². The number of fused-ring (bicyclic) bond motifs is 1. The minimum Gasteiger partial charge on any atom is -0.459 e. The molecule has 0 radical (unpaired) electrons. The van der Waals surface area contributed by atoms with Crippen molar-refractivity contribution < 1.29 is 4.42 Å². The molecule has 0 aliphatic heterocycles. The van der Waals surface area contributed by atoms with Gasteiger partial charge >= 0.3 is 0 Å². The third kappa shape index (κ3) is 3.56. The minimum absolute atomic E-state index is 0.307. The van der Waals surface area contributed by atoms with E-state index >= 15 is 0 Å². The van der Waals surface area contributed by atoms with E-state index in [9.17, 15) is 0 Å². The zero-order chi connectivity index (χ0) is 14.5. The van der Waals surface area contributed by atoms with Gasteiger partial charge in [-0.05, 0) is 57.2 Å². The van der Waals surface area contributed by atoms with Gasteiger partial charge in [0.1, 0.15) is 11.3 Å². The first-order valence-electron chi connectivity index (χ1n) is 8.26. The van der Waals surface area contributed by atoms with E-state index in [1.807, 2.05) is 6.07 Å². The highest BCUT2D eigenvalue weighted by Crippen LogP contribution is 2.31. The van der Waals surface area contributed by atoms with Crippen LogP contribution in [0.3, 0.4) is 0 Å². The maximum absolute atomic E-state index is 6.08. The van der Waals surface area contributed by atoms with Gasteiger partial charge in [0.2, 0.25) is 0 Å². The van der Waals surface area contributed by atoms with Crippen molar-refractivity contribution in [2.45, 2.75) is 51.5 Å². The molecule has 3 rings (SSSR count). The molecule has 0 saturated carbocycles. The van der Waals surface area contributed by atoms with Crippen LogP contribution in [0.1, 0.15) is 57.3 Å². The Hall–Kier alpha value is -1.54. The van der Waals surface area contributed by atoms with Gasteiger partial charge in [-0.1, -0.05) is 36.8 Å². The van der Waals surface area contributed by atoms with Crippen LogP contribution in [0.2, 0.25) is 0 Å². The van der Waals surface area contributed by atoms with Gasteiger partial charge in [-0.2, -0.15) is 0 Å². The summed E-state index contributed by atoms with van der Waals surface area (Å²) in [5.74, 6) is 1.08. The molecule has 2 heteroatoms. The number of furan rings is 1. The van der Waals surface area contributed by atoms with Crippen molar-refractivity contribution in [3.8, 4) is 0 Å². The van der Waals surface area contributed by atoms with Crippen LogP contribution in [0.4, 0.5) is 0 Å². The molecule has 1 aliphatic rings. The zero-order valence-electron chi connectivity index (χ0n) is 12.9. The number of para-hydroxylation sites is 1. The summed E-state index contributed by atoms with van der Waals surface area (Å²) in [5, 5.41) is 4.86. The van der Waals surface area contributed by atoms with Crippen molar-refractivity contribution in [3.63, 3.8) is 0 Å². The van der Waals surface area contributed by atoms with Crippen LogP contribution in [0.25, 0.3) is 11.0 Å². The Morgan fingerprint density at radius 1 is 1.24 bits per heavy atom. The largest absolute Gasteiger partial charge is 0.459 e. The lowest BCUT2D eigenvalue weighted by Gasteiger charge is -2.20. The summed E-state index contributed by atoms with van der Waals surface area (Å²) < 4.78 is 6.08. The smallest absolute Gasteiger partial charge is 0.134 e. The van der Waals surface area contributed by atoms with Gasteiger partial charge < -0.3 is 9.73 Å². The molecule has 1 atom stereocenters. The number of benzene rings is 1. The van der Waals surface area contributed by atoms with Crippen molar-refractivity contribution >= 4 is 11.0 Å². The van der Waals surface area contributed by atoms with E-state index in [0.717, 1.165) is 30.7 Å². The van der Waals surface area contributed by atoms with Crippen molar-refractivity contribution in [1.29, 1.82) is 0 Å². The minimum atomic E-state index is 0.307. The summed E-state index contributed by atoms with van der Waals surface area (Å²) in [7, 11) is 0. The molecule has 2 nitrogen and oxygen atoms in total. The lowest BCUT2D eigenvalue weighted by Crippen LogP contribution is -2.22. The van der Waals surface area contributed by atoms with Gasteiger partial charge in [0.15, 0.2) is 0 Å². The second-order valence-corrected chi connectivity index (χ2v) is 6.01. The van der Waals surface area contributed by atoms with Crippen molar-refractivity contribution in [2.75, 3.05) is 6.54 Å². The first-order valence-corrected chi connectivity index (χ1v) is 8.26. The van der Waals surface area contributed by atoms with Crippen molar-refractivity contribution in [1.82, 2.24) is 5.32 Å². The van der Waals surface area contributed by atoms with Gasteiger partial charge in [0.25, 0.3) is 0 Å². The number of allylic oxidation sites excluding steroid dienone is 1. The molecule has 0 amide bonds. The van der Waals surface area contributed by atoms with Gasteiger partial charge in [0.05, 0.1) is 6.04 Å². The SMILES string of the molecule is CCCNC(CC1=CCCCC1)c1cc2ccccc2o1. The highest BCUT2D eigenvalue weighted by Gasteiger charge is 2.18.